The lowest BCUT2D eigenvalue weighted by Crippen LogP contribution is -2.42. The van der Waals surface area contributed by atoms with Gasteiger partial charge in [-0.3, -0.25) is 4.79 Å². The molecule has 1 unspecified atom stereocenters. The third kappa shape index (κ3) is 7.16. The Morgan fingerprint density at radius 3 is 2.73 bits per heavy atom. The topological polar surface area (TPSA) is 50.4 Å². The first-order valence-corrected chi connectivity index (χ1v) is 9.62. The van der Waals surface area contributed by atoms with Crippen LogP contribution in [0.4, 0.5) is 0 Å². The van der Waals surface area contributed by atoms with Crippen LogP contribution in [0.5, 0.6) is 5.75 Å². The van der Waals surface area contributed by atoms with Gasteiger partial charge >= 0.3 is 0 Å². The van der Waals surface area contributed by atoms with Crippen molar-refractivity contribution in [3.8, 4) is 5.75 Å². The van der Waals surface area contributed by atoms with Gasteiger partial charge in [-0.2, -0.15) is 0 Å². The standard InChI is InChI=1S/C21H34N2O2.ClH/c1-14(2)10-17(5)25-20-11-15(3)6-7-19(20)13-23-21(24)18-8-9-22-16(4)12-18;/h6-7,11,14,16-18,22H,8-10,12-13H2,1-5H3,(H,23,24);1H/t16-,17?,18-;/m0./s1. The van der Waals surface area contributed by atoms with Crippen molar-refractivity contribution >= 4 is 18.3 Å². The number of hydrogen-bond donors (Lipinski definition) is 2. The van der Waals surface area contributed by atoms with E-state index in [1.165, 1.54) is 5.56 Å². The summed E-state index contributed by atoms with van der Waals surface area (Å²) in [5.41, 5.74) is 2.23. The highest BCUT2D eigenvalue weighted by Crippen LogP contribution is 2.24. The number of carbonyl (C=O) groups is 1. The number of amides is 1. The van der Waals surface area contributed by atoms with Crippen LogP contribution in [-0.4, -0.2) is 24.6 Å². The highest BCUT2D eigenvalue weighted by atomic mass is 35.5. The number of piperidine rings is 1. The molecule has 2 N–H and O–H groups in total. The summed E-state index contributed by atoms with van der Waals surface area (Å²) in [6.45, 7) is 12.2. The molecular weight excluding hydrogens is 348 g/mol. The Balaban J connectivity index is 0.00000338. The lowest BCUT2D eigenvalue weighted by molar-refractivity contribution is -0.126. The van der Waals surface area contributed by atoms with E-state index in [1.54, 1.807) is 0 Å². The van der Waals surface area contributed by atoms with Gasteiger partial charge in [0.05, 0.1) is 6.10 Å². The molecule has 1 aliphatic rings. The summed E-state index contributed by atoms with van der Waals surface area (Å²) in [7, 11) is 0. The van der Waals surface area contributed by atoms with E-state index in [9.17, 15) is 4.79 Å². The van der Waals surface area contributed by atoms with E-state index in [2.05, 4.69) is 63.5 Å². The van der Waals surface area contributed by atoms with Crippen molar-refractivity contribution in [3.63, 3.8) is 0 Å². The first-order valence-electron chi connectivity index (χ1n) is 9.62. The number of halogens is 1. The van der Waals surface area contributed by atoms with Gasteiger partial charge in [0.25, 0.3) is 0 Å². The zero-order valence-corrected chi connectivity index (χ0v) is 17.6. The van der Waals surface area contributed by atoms with Crippen molar-refractivity contribution in [3.05, 3.63) is 29.3 Å². The number of carbonyl (C=O) groups excluding carboxylic acids is 1. The fourth-order valence-electron chi connectivity index (χ4n) is 3.54. The smallest absolute Gasteiger partial charge is 0.223 e. The normalized spacial score (nSPS) is 21.0. The number of benzene rings is 1. The largest absolute Gasteiger partial charge is 0.490 e. The van der Waals surface area contributed by atoms with Crippen LogP contribution in [0, 0.1) is 18.8 Å². The fourth-order valence-corrected chi connectivity index (χ4v) is 3.54. The van der Waals surface area contributed by atoms with Crippen LogP contribution in [0.3, 0.4) is 0 Å². The minimum Gasteiger partial charge on any atom is -0.490 e. The quantitative estimate of drug-likeness (QED) is 0.741. The minimum absolute atomic E-state index is 0. The Labute approximate surface area is 164 Å². The summed E-state index contributed by atoms with van der Waals surface area (Å²) in [6.07, 6.45) is 3.02. The minimum atomic E-state index is 0. The maximum atomic E-state index is 12.5. The van der Waals surface area contributed by atoms with Crippen LogP contribution in [0.2, 0.25) is 0 Å². The van der Waals surface area contributed by atoms with Crippen molar-refractivity contribution in [2.75, 3.05) is 6.54 Å². The molecule has 0 bridgehead atoms. The number of ether oxygens (including phenoxy) is 1. The molecule has 4 nitrogen and oxygen atoms in total. The van der Waals surface area contributed by atoms with Crippen molar-refractivity contribution in [2.45, 2.75) is 72.6 Å². The molecule has 26 heavy (non-hydrogen) atoms. The number of hydrogen-bond acceptors (Lipinski definition) is 3. The van der Waals surface area contributed by atoms with Gasteiger partial charge in [-0.25, -0.2) is 0 Å². The molecule has 3 atom stereocenters. The van der Waals surface area contributed by atoms with Gasteiger partial charge in [0.1, 0.15) is 5.75 Å². The van der Waals surface area contributed by atoms with Gasteiger partial charge in [-0.1, -0.05) is 26.0 Å². The van der Waals surface area contributed by atoms with Crippen LogP contribution in [0.15, 0.2) is 18.2 Å². The molecule has 2 rings (SSSR count). The molecule has 0 aliphatic carbocycles. The predicted octanol–water partition coefficient (Wildman–Crippen LogP) is 4.23. The molecule has 1 fully saturated rings. The second-order valence-electron chi connectivity index (χ2n) is 7.96. The molecule has 1 amide bonds. The van der Waals surface area contributed by atoms with Gasteiger partial charge in [0.15, 0.2) is 0 Å². The maximum Gasteiger partial charge on any atom is 0.223 e. The molecule has 1 heterocycles. The zero-order valence-electron chi connectivity index (χ0n) is 16.8. The first kappa shape index (κ1) is 22.8. The molecule has 1 aromatic rings. The molecule has 0 spiro atoms. The number of aryl methyl sites for hydroxylation is 1. The summed E-state index contributed by atoms with van der Waals surface area (Å²) in [5.74, 6) is 1.78. The van der Waals surface area contributed by atoms with Gasteiger partial charge < -0.3 is 15.4 Å². The highest BCUT2D eigenvalue weighted by Gasteiger charge is 2.24. The molecular formula is C21H35ClN2O2. The van der Waals surface area contributed by atoms with Crippen LogP contribution in [0.25, 0.3) is 0 Å². The number of rotatable bonds is 7. The predicted molar refractivity (Wildman–Crippen MR) is 110 cm³/mol. The Kier molecular flexibility index (Phi) is 9.45. The Hall–Kier alpha value is -1.26. The summed E-state index contributed by atoms with van der Waals surface area (Å²) in [4.78, 5) is 12.5. The second kappa shape index (κ2) is 10.8. The first-order chi connectivity index (χ1) is 11.8. The lowest BCUT2D eigenvalue weighted by atomic mass is 9.92. The van der Waals surface area contributed by atoms with Gasteiger partial charge in [-0.15, -0.1) is 12.4 Å². The Morgan fingerprint density at radius 2 is 2.08 bits per heavy atom. The lowest BCUT2D eigenvalue weighted by Gasteiger charge is -2.27. The summed E-state index contributed by atoms with van der Waals surface area (Å²) in [6, 6.07) is 6.64. The third-order valence-electron chi connectivity index (χ3n) is 4.80. The monoisotopic (exact) mass is 382 g/mol. The summed E-state index contributed by atoms with van der Waals surface area (Å²) in [5, 5.41) is 6.51. The van der Waals surface area contributed by atoms with E-state index in [4.69, 9.17) is 4.74 Å². The van der Waals surface area contributed by atoms with E-state index in [-0.39, 0.29) is 30.3 Å². The maximum absolute atomic E-state index is 12.5. The SMILES string of the molecule is Cc1ccc(CNC(=O)[C@H]2CCN[C@@H](C)C2)c(OC(C)CC(C)C)c1.Cl. The second-order valence-corrected chi connectivity index (χ2v) is 7.96. The van der Waals surface area contributed by atoms with Crippen LogP contribution in [0.1, 0.15) is 58.1 Å². The fraction of sp³-hybridized carbons (Fsp3) is 0.667. The average Bonchev–Trinajstić information content (AvgIpc) is 2.53. The summed E-state index contributed by atoms with van der Waals surface area (Å²) < 4.78 is 6.17. The van der Waals surface area contributed by atoms with Crippen molar-refractivity contribution < 1.29 is 9.53 Å². The average molecular weight is 383 g/mol. The molecule has 0 saturated carbocycles. The molecule has 1 aromatic carbocycles. The third-order valence-corrected chi connectivity index (χ3v) is 4.80. The number of nitrogens with one attached hydrogen (secondary N) is 2. The van der Waals surface area contributed by atoms with Crippen LogP contribution < -0.4 is 15.4 Å². The van der Waals surface area contributed by atoms with Gasteiger partial charge in [-0.05, 0) is 64.1 Å². The van der Waals surface area contributed by atoms with E-state index in [1.807, 2.05) is 0 Å². The summed E-state index contributed by atoms with van der Waals surface area (Å²) >= 11 is 0. The van der Waals surface area contributed by atoms with E-state index in [0.29, 0.717) is 18.5 Å². The molecule has 1 aliphatic heterocycles. The zero-order chi connectivity index (χ0) is 18.4. The van der Waals surface area contributed by atoms with Crippen molar-refractivity contribution in [1.29, 1.82) is 0 Å². The van der Waals surface area contributed by atoms with Gasteiger partial charge in [0, 0.05) is 24.1 Å². The molecule has 0 aromatic heterocycles. The Bertz CT molecular complexity index is 577. The van der Waals surface area contributed by atoms with Crippen LogP contribution >= 0.6 is 12.4 Å². The van der Waals surface area contributed by atoms with E-state index < -0.39 is 0 Å². The molecule has 5 heteroatoms. The van der Waals surface area contributed by atoms with E-state index in [0.717, 1.165) is 37.1 Å². The van der Waals surface area contributed by atoms with Crippen molar-refractivity contribution in [2.24, 2.45) is 11.8 Å². The van der Waals surface area contributed by atoms with Gasteiger partial charge in [0.2, 0.25) is 5.91 Å². The molecule has 148 valence electrons. The van der Waals surface area contributed by atoms with Crippen LogP contribution in [-0.2, 0) is 11.3 Å². The Morgan fingerprint density at radius 1 is 1.35 bits per heavy atom. The highest BCUT2D eigenvalue weighted by molar-refractivity contribution is 5.85. The molecule has 1 saturated heterocycles. The van der Waals surface area contributed by atoms with Crippen molar-refractivity contribution in [1.82, 2.24) is 10.6 Å². The van der Waals surface area contributed by atoms with E-state index >= 15 is 0 Å². The molecule has 0 radical (unpaired) electrons.